The number of benzene rings is 6. The van der Waals surface area contributed by atoms with Gasteiger partial charge in [-0.3, -0.25) is 0 Å². The third-order valence-corrected chi connectivity index (χ3v) is 16.9. The van der Waals surface area contributed by atoms with E-state index in [1.165, 1.54) is 55.6 Å². The van der Waals surface area contributed by atoms with Gasteiger partial charge in [0.1, 0.15) is 5.69 Å². The smallest absolute Gasteiger partial charge is 0.121 e. The fourth-order valence-electron chi connectivity index (χ4n) is 10.8. The lowest BCUT2D eigenvalue weighted by molar-refractivity contribution is 0.00623. The van der Waals surface area contributed by atoms with E-state index in [9.17, 15) is 0 Å². The molecule has 0 radical (unpaired) electrons. The number of ether oxygens (including phenoxy) is 12. The number of hydrogen-bond donors (Lipinski definition) is 0. The number of nitrogens with zero attached hydrogens (tertiary/aromatic N) is 6. The Hall–Kier alpha value is -6.71. The summed E-state index contributed by atoms with van der Waals surface area (Å²) in [4.78, 5) is 2.66. The molecule has 5 aliphatic rings. The first-order chi connectivity index (χ1) is 49.1. The van der Waals surface area contributed by atoms with E-state index in [0.717, 1.165) is 59.7 Å². The van der Waals surface area contributed by atoms with Gasteiger partial charge in [0.15, 0.2) is 0 Å². The Kier molecular flexibility index (Phi) is 37.6. The summed E-state index contributed by atoms with van der Waals surface area (Å²) in [6.45, 7) is 46.0. The maximum atomic E-state index is 8.15. The third-order valence-electron chi connectivity index (χ3n) is 16.9. The molecule has 1 aromatic heterocycles. The minimum atomic E-state index is 0.109. The van der Waals surface area contributed by atoms with Gasteiger partial charge in [0.05, 0.1) is 158 Å². The second kappa shape index (κ2) is 45.5. The molecular formula is C84H120N6O12. The van der Waals surface area contributed by atoms with Crippen LogP contribution in [0, 0.1) is 0 Å². The molecule has 0 saturated heterocycles. The predicted molar refractivity (Wildman–Crippen MR) is 407 cm³/mol. The molecule has 18 nitrogen and oxygen atoms in total. The Morgan fingerprint density at radius 1 is 0.412 bits per heavy atom. The van der Waals surface area contributed by atoms with Gasteiger partial charge in [0.2, 0.25) is 0 Å². The molecule has 0 spiro atoms. The van der Waals surface area contributed by atoms with Crippen LogP contribution in [-0.4, -0.2) is 140 Å². The normalized spacial score (nSPS) is 14.4. The van der Waals surface area contributed by atoms with Crippen molar-refractivity contribution >= 4 is 0 Å². The van der Waals surface area contributed by atoms with Gasteiger partial charge in [-0.25, -0.2) is 4.68 Å². The molecule has 0 saturated carbocycles. The summed E-state index contributed by atoms with van der Waals surface area (Å²) in [5.41, 5.74) is 28.4. The largest absolute Gasteiger partial charge is 0.379 e. The quantitative estimate of drug-likeness (QED) is 0.0286. The predicted octanol–water partition coefficient (Wildman–Crippen LogP) is 17.2. The molecule has 102 heavy (non-hydrogen) atoms. The molecule has 0 fully saturated rings. The first-order valence-corrected chi connectivity index (χ1v) is 36.6. The van der Waals surface area contributed by atoms with E-state index in [1.54, 1.807) is 0 Å². The van der Waals surface area contributed by atoms with Crippen molar-refractivity contribution in [1.82, 2.24) is 15.0 Å². The fraction of sp³-hybridized carbons (Fsp3) is 0.548. The van der Waals surface area contributed by atoms with E-state index >= 15 is 0 Å². The highest BCUT2D eigenvalue weighted by atomic mass is 16.6. The third kappa shape index (κ3) is 31.7. The van der Waals surface area contributed by atoms with E-state index < -0.39 is 0 Å². The van der Waals surface area contributed by atoms with Crippen LogP contribution in [0.15, 0.2) is 139 Å². The highest BCUT2D eigenvalue weighted by molar-refractivity contribution is 5.82. The van der Waals surface area contributed by atoms with Gasteiger partial charge >= 0.3 is 0 Å². The van der Waals surface area contributed by atoms with Gasteiger partial charge in [-0.2, -0.15) is 0 Å². The maximum Gasteiger partial charge on any atom is 0.121 e. The van der Waals surface area contributed by atoms with Crippen molar-refractivity contribution in [2.75, 3.05) is 125 Å². The summed E-state index contributed by atoms with van der Waals surface area (Å²) in [6.07, 6.45) is 2.03. The second-order valence-electron chi connectivity index (χ2n) is 29.4. The summed E-state index contributed by atoms with van der Waals surface area (Å²) in [5, 5.41) is 12.4. The lowest BCUT2D eigenvalue weighted by Gasteiger charge is -2.26. The molecule has 558 valence electrons. The summed E-state index contributed by atoms with van der Waals surface area (Å²) in [5.74, 6) is 0. The van der Waals surface area contributed by atoms with E-state index in [1.807, 2.05) is 18.5 Å². The zero-order chi connectivity index (χ0) is 73.5. The number of rotatable bonds is 21. The average molecular weight is 1410 g/mol. The molecular weight excluding hydrogens is 1280 g/mol. The molecule has 6 aromatic carbocycles. The highest BCUT2D eigenvalue weighted by Gasteiger charge is 2.25. The summed E-state index contributed by atoms with van der Waals surface area (Å²) in [6, 6.07) is 47.4. The van der Waals surface area contributed by atoms with Gasteiger partial charge in [-0.1, -0.05) is 227 Å². The average Bonchev–Trinajstić information content (AvgIpc) is 1.57. The summed E-state index contributed by atoms with van der Waals surface area (Å²) < 4.78 is 68.9. The summed E-state index contributed by atoms with van der Waals surface area (Å²) in [7, 11) is 0. The van der Waals surface area contributed by atoms with Crippen LogP contribution in [0.4, 0.5) is 0 Å². The SMILES string of the molecule is CC(C)(C)c1cc(COCCOCCOCCN=[N+]=[N-])cc(C(C)(C)C)c1.CCOCCOCCn1nnc2c1-c1ccccc1CCc1ccccc1-2.CCOCc1cc(C(C)(C)C)cc(C(C)(C)C)c1.c1cc2ccc1COCCOCCOCc1ccc(cc1)COCCOCCOC2. The van der Waals surface area contributed by atoms with Gasteiger partial charge < -0.3 is 56.8 Å². The fourth-order valence-corrected chi connectivity index (χ4v) is 10.8. The molecule has 0 unspecified atom stereocenters. The topological polar surface area (TPSA) is 190 Å². The number of fused-ring (bicyclic) bond motifs is 5. The zero-order valence-corrected chi connectivity index (χ0v) is 64.1. The van der Waals surface area contributed by atoms with Gasteiger partial charge in [-0.05, 0) is 121 Å². The van der Waals surface area contributed by atoms with Crippen LogP contribution in [0.5, 0.6) is 0 Å². The van der Waals surface area contributed by atoms with Crippen LogP contribution in [0.2, 0.25) is 0 Å². The lowest BCUT2D eigenvalue weighted by atomic mass is 9.79. The first kappa shape index (κ1) is 84.2. The van der Waals surface area contributed by atoms with E-state index in [2.05, 4.69) is 237 Å². The van der Waals surface area contributed by atoms with Crippen molar-refractivity contribution < 1.29 is 56.8 Å². The number of aromatic nitrogens is 3. The minimum absolute atomic E-state index is 0.109. The molecule has 12 rings (SSSR count). The van der Waals surface area contributed by atoms with E-state index in [4.69, 9.17) is 62.4 Å². The van der Waals surface area contributed by atoms with Crippen molar-refractivity contribution in [3.05, 3.63) is 211 Å². The Bertz CT molecular complexity index is 3320. The van der Waals surface area contributed by atoms with Crippen LogP contribution in [-0.2, 0) is 138 Å². The van der Waals surface area contributed by atoms with Crippen LogP contribution in [0.1, 0.15) is 164 Å². The molecule has 4 aliphatic heterocycles. The Morgan fingerprint density at radius 3 is 1.18 bits per heavy atom. The van der Waals surface area contributed by atoms with E-state index in [0.29, 0.717) is 158 Å². The molecule has 5 heterocycles. The van der Waals surface area contributed by atoms with Crippen molar-refractivity contribution in [2.24, 2.45) is 5.11 Å². The van der Waals surface area contributed by atoms with Gasteiger partial charge in [0.25, 0.3) is 0 Å². The maximum absolute atomic E-state index is 8.15. The molecule has 0 atom stereocenters. The minimum Gasteiger partial charge on any atom is -0.379 e. The number of hydrogen-bond acceptors (Lipinski definition) is 15. The van der Waals surface area contributed by atoms with Crippen LogP contribution < -0.4 is 0 Å². The molecule has 0 amide bonds. The number of azide groups is 1. The van der Waals surface area contributed by atoms with Crippen LogP contribution >= 0.6 is 0 Å². The van der Waals surface area contributed by atoms with Gasteiger partial charge in [-0.15, -0.1) is 5.10 Å². The molecule has 0 N–H and O–H groups in total. The van der Waals surface area contributed by atoms with Crippen molar-refractivity contribution in [3.8, 4) is 22.5 Å². The monoisotopic (exact) mass is 1400 g/mol. The standard InChI is InChI=1S/C24H32O6.C22H25N3O2.C21H35N3O3.C17H28O/c1-2-22-4-3-21(1)17-27-13-9-25-11-15-29-19-23-5-7-24(8-6-23)20-30-16-12-26-10-14-28-18-22;1-2-26-15-16-27-14-13-25-22-20-10-6-4-8-18(20)12-11-17-7-3-5-9-19(17)21(22)23-24-25;1-20(2,3)18-13-17(14-19(15-18)21(4,5)6)16-27-12-11-26-10-9-25-8-7-23-24-22;1-8-18-12-13-9-14(16(2,3)4)11-15(10-13)17(5,6)7/h1-8H,9-20H2;3-10H,2,11-16H2,1H3;13-15H,7-12,16H2,1-6H3;9-11H,8,12H2,1-7H3. The van der Waals surface area contributed by atoms with E-state index in [-0.39, 0.29) is 21.7 Å². The van der Waals surface area contributed by atoms with Crippen molar-refractivity contribution in [1.29, 1.82) is 0 Å². The second-order valence-corrected chi connectivity index (χ2v) is 29.4. The van der Waals surface area contributed by atoms with Crippen LogP contribution in [0.25, 0.3) is 33.0 Å². The molecule has 1 aliphatic carbocycles. The Balaban J connectivity index is 0.000000217. The highest BCUT2D eigenvalue weighted by Crippen LogP contribution is 2.38. The van der Waals surface area contributed by atoms with Crippen molar-refractivity contribution in [2.45, 2.75) is 178 Å². The van der Waals surface area contributed by atoms with Crippen LogP contribution in [0.3, 0.4) is 0 Å². The first-order valence-electron chi connectivity index (χ1n) is 36.6. The molecule has 4 bridgehead atoms. The van der Waals surface area contributed by atoms with Gasteiger partial charge in [0, 0.05) is 35.8 Å². The van der Waals surface area contributed by atoms with Crippen molar-refractivity contribution in [3.63, 3.8) is 0 Å². The molecule has 7 aromatic rings. The molecule has 18 heteroatoms. The Labute approximate surface area is 610 Å². The number of aryl methyl sites for hydroxylation is 2. The lowest BCUT2D eigenvalue weighted by Crippen LogP contribution is -2.17. The summed E-state index contributed by atoms with van der Waals surface area (Å²) >= 11 is 0. The zero-order valence-electron chi connectivity index (χ0n) is 64.1. The Morgan fingerprint density at radius 2 is 0.765 bits per heavy atom.